The third-order valence-electron chi connectivity index (χ3n) is 3.28. The Balaban J connectivity index is 2.09. The van der Waals surface area contributed by atoms with Gasteiger partial charge in [0, 0.05) is 25.3 Å². The van der Waals surface area contributed by atoms with Gasteiger partial charge in [-0.2, -0.15) is 0 Å². The first-order valence-corrected chi connectivity index (χ1v) is 6.47. The summed E-state index contributed by atoms with van der Waals surface area (Å²) >= 11 is 0. The summed E-state index contributed by atoms with van der Waals surface area (Å²) in [6.45, 7) is 0. The molecule has 0 radical (unpaired) electrons. The number of rotatable bonds is 3. The SMILES string of the molecule is CN(C)c1ccc(-c2nc3c(C(=O)O)cccc3o2)cc1. The fourth-order valence-electron chi connectivity index (χ4n) is 2.15. The molecular weight excluding hydrogens is 268 g/mol. The highest BCUT2D eigenvalue weighted by atomic mass is 16.4. The van der Waals surface area contributed by atoms with E-state index < -0.39 is 5.97 Å². The molecule has 0 aliphatic heterocycles. The zero-order chi connectivity index (χ0) is 15.0. The number of hydrogen-bond acceptors (Lipinski definition) is 4. The highest BCUT2D eigenvalue weighted by Crippen LogP contribution is 2.27. The second-order valence-corrected chi connectivity index (χ2v) is 4.92. The molecule has 0 fully saturated rings. The van der Waals surface area contributed by atoms with Crippen molar-refractivity contribution in [1.29, 1.82) is 0 Å². The Morgan fingerprint density at radius 1 is 1.14 bits per heavy atom. The number of aromatic nitrogens is 1. The number of anilines is 1. The number of nitrogens with zero attached hydrogens (tertiary/aromatic N) is 2. The first kappa shape index (κ1) is 13.2. The van der Waals surface area contributed by atoms with Gasteiger partial charge in [-0.15, -0.1) is 0 Å². The molecule has 0 aliphatic rings. The van der Waals surface area contributed by atoms with Gasteiger partial charge in [-0.05, 0) is 36.4 Å². The second-order valence-electron chi connectivity index (χ2n) is 4.92. The summed E-state index contributed by atoms with van der Waals surface area (Å²) in [7, 11) is 3.93. The van der Waals surface area contributed by atoms with Crippen LogP contribution in [0.1, 0.15) is 10.4 Å². The summed E-state index contributed by atoms with van der Waals surface area (Å²) in [4.78, 5) is 17.5. The lowest BCUT2D eigenvalue weighted by molar-refractivity contribution is 0.0699. The monoisotopic (exact) mass is 282 g/mol. The Hall–Kier alpha value is -2.82. The van der Waals surface area contributed by atoms with E-state index in [2.05, 4.69) is 4.98 Å². The first-order valence-electron chi connectivity index (χ1n) is 6.47. The summed E-state index contributed by atoms with van der Waals surface area (Å²) in [5.41, 5.74) is 2.87. The number of aromatic carboxylic acids is 1. The average Bonchev–Trinajstić information content (AvgIpc) is 2.90. The summed E-state index contributed by atoms with van der Waals surface area (Å²) in [6, 6.07) is 12.6. The zero-order valence-corrected chi connectivity index (χ0v) is 11.7. The van der Waals surface area contributed by atoms with Crippen LogP contribution >= 0.6 is 0 Å². The lowest BCUT2D eigenvalue weighted by Crippen LogP contribution is -2.07. The number of oxazole rings is 1. The highest BCUT2D eigenvalue weighted by Gasteiger charge is 2.15. The van der Waals surface area contributed by atoms with Crippen molar-refractivity contribution in [3.05, 3.63) is 48.0 Å². The molecule has 0 atom stereocenters. The van der Waals surface area contributed by atoms with Crippen molar-refractivity contribution in [1.82, 2.24) is 4.98 Å². The topological polar surface area (TPSA) is 66.6 Å². The highest BCUT2D eigenvalue weighted by molar-refractivity contribution is 6.00. The number of carboxylic acids is 1. The third-order valence-corrected chi connectivity index (χ3v) is 3.28. The quantitative estimate of drug-likeness (QED) is 0.798. The third kappa shape index (κ3) is 2.33. The standard InChI is InChI=1S/C16H14N2O3/c1-18(2)11-8-6-10(7-9-11)15-17-14-12(16(19)20)4-3-5-13(14)21-15/h3-9H,1-2H3,(H,19,20). The van der Waals surface area contributed by atoms with E-state index in [0.717, 1.165) is 11.3 Å². The predicted octanol–water partition coefficient (Wildman–Crippen LogP) is 3.26. The fourth-order valence-corrected chi connectivity index (χ4v) is 2.15. The molecule has 1 aromatic heterocycles. The van der Waals surface area contributed by atoms with E-state index >= 15 is 0 Å². The molecule has 0 spiro atoms. The van der Waals surface area contributed by atoms with E-state index in [1.54, 1.807) is 12.1 Å². The Kier molecular flexibility index (Phi) is 3.10. The minimum absolute atomic E-state index is 0.146. The van der Waals surface area contributed by atoms with Gasteiger partial charge in [0.15, 0.2) is 5.58 Å². The van der Waals surface area contributed by atoms with Crippen LogP contribution in [0.2, 0.25) is 0 Å². The van der Waals surface area contributed by atoms with Crippen LogP contribution in [-0.4, -0.2) is 30.2 Å². The van der Waals surface area contributed by atoms with Crippen molar-refractivity contribution >= 4 is 22.8 Å². The molecule has 106 valence electrons. The van der Waals surface area contributed by atoms with Crippen LogP contribution < -0.4 is 4.90 Å². The molecule has 3 rings (SSSR count). The Bertz CT molecular complexity index is 804. The minimum atomic E-state index is -1.01. The Morgan fingerprint density at radius 2 is 1.86 bits per heavy atom. The van der Waals surface area contributed by atoms with Crippen molar-refractivity contribution in [2.75, 3.05) is 19.0 Å². The molecule has 0 amide bonds. The molecule has 0 unspecified atom stereocenters. The smallest absolute Gasteiger partial charge is 0.338 e. The number of hydrogen-bond donors (Lipinski definition) is 1. The molecule has 2 aromatic carbocycles. The van der Waals surface area contributed by atoms with Gasteiger partial charge in [0.05, 0.1) is 5.56 Å². The van der Waals surface area contributed by atoms with Crippen LogP contribution in [0.3, 0.4) is 0 Å². The lowest BCUT2D eigenvalue weighted by Gasteiger charge is -2.11. The van der Waals surface area contributed by atoms with Crippen molar-refractivity contribution in [2.45, 2.75) is 0 Å². The zero-order valence-electron chi connectivity index (χ0n) is 11.7. The normalized spacial score (nSPS) is 10.8. The van der Waals surface area contributed by atoms with Crippen molar-refractivity contribution in [2.24, 2.45) is 0 Å². The van der Waals surface area contributed by atoms with Gasteiger partial charge >= 0.3 is 5.97 Å². The molecule has 5 nitrogen and oxygen atoms in total. The largest absolute Gasteiger partial charge is 0.478 e. The summed E-state index contributed by atoms with van der Waals surface area (Å²) in [6.07, 6.45) is 0. The molecule has 0 saturated heterocycles. The molecular formula is C16H14N2O3. The molecule has 1 N–H and O–H groups in total. The number of fused-ring (bicyclic) bond motifs is 1. The van der Waals surface area contributed by atoms with Crippen LogP contribution in [0.15, 0.2) is 46.9 Å². The maximum absolute atomic E-state index is 11.2. The van der Waals surface area contributed by atoms with Crippen LogP contribution in [0.5, 0.6) is 0 Å². The molecule has 0 aliphatic carbocycles. The maximum atomic E-state index is 11.2. The molecule has 5 heteroatoms. The van der Waals surface area contributed by atoms with E-state index in [9.17, 15) is 9.90 Å². The van der Waals surface area contributed by atoms with Crippen molar-refractivity contribution in [3.8, 4) is 11.5 Å². The van der Waals surface area contributed by atoms with Crippen molar-refractivity contribution in [3.63, 3.8) is 0 Å². The first-order chi connectivity index (χ1) is 10.1. The van der Waals surface area contributed by atoms with E-state index in [1.807, 2.05) is 43.3 Å². The summed E-state index contributed by atoms with van der Waals surface area (Å²) in [5, 5.41) is 9.17. The predicted molar refractivity (Wildman–Crippen MR) is 80.7 cm³/mol. The van der Waals surface area contributed by atoms with Gasteiger partial charge in [-0.3, -0.25) is 0 Å². The van der Waals surface area contributed by atoms with E-state index in [0.29, 0.717) is 17.0 Å². The van der Waals surface area contributed by atoms with E-state index in [1.165, 1.54) is 6.07 Å². The van der Waals surface area contributed by atoms with Crippen LogP contribution in [0, 0.1) is 0 Å². The van der Waals surface area contributed by atoms with Gasteiger partial charge in [-0.25, -0.2) is 9.78 Å². The van der Waals surface area contributed by atoms with E-state index in [4.69, 9.17) is 4.42 Å². The Morgan fingerprint density at radius 3 is 2.48 bits per heavy atom. The minimum Gasteiger partial charge on any atom is -0.478 e. The summed E-state index contributed by atoms with van der Waals surface area (Å²) in [5.74, 6) is -0.590. The van der Waals surface area contributed by atoms with Crippen LogP contribution in [0.4, 0.5) is 5.69 Å². The summed E-state index contributed by atoms with van der Waals surface area (Å²) < 4.78 is 5.66. The van der Waals surface area contributed by atoms with Gasteiger partial charge in [0.2, 0.25) is 5.89 Å². The number of para-hydroxylation sites is 1. The molecule has 1 heterocycles. The molecule has 0 bridgehead atoms. The maximum Gasteiger partial charge on any atom is 0.338 e. The second kappa shape index (κ2) is 4.94. The average molecular weight is 282 g/mol. The lowest BCUT2D eigenvalue weighted by atomic mass is 10.2. The van der Waals surface area contributed by atoms with Gasteiger partial charge in [0.25, 0.3) is 0 Å². The number of carbonyl (C=O) groups is 1. The molecule has 0 saturated carbocycles. The fraction of sp³-hybridized carbons (Fsp3) is 0.125. The molecule has 3 aromatic rings. The Labute approximate surface area is 121 Å². The van der Waals surface area contributed by atoms with Crippen molar-refractivity contribution < 1.29 is 14.3 Å². The number of carboxylic acid groups (broad SMARTS) is 1. The van der Waals surface area contributed by atoms with Gasteiger partial charge in [0.1, 0.15) is 5.52 Å². The molecule has 21 heavy (non-hydrogen) atoms. The van der Waals surface area contributed by atoms with Crippen LogP contribution in [-0.2, 0) is 0 Å². The van der Waals surface area contributed by atoms with Gasteiger partial charge < -0.3 is 14.4 Å². The number of benzene rings is 2. The van der Waals surface area contributed by atoms with Gasteiger partial charge in [-0.1, -0.05) is 6.07 Å². The van der Waals surface area contributed by atoms with E-state index in [-0.39, 0.29) is 5.56 Å². The van der Waals surface area contributed by atoms with Crippen LogP contribution in [0.25, 0.3) is 22.6 Å².